The van der Waals surface area contributed by atoms with E-state index >= 15 is 0 Å². The molecule has 0 spiro atoms. The molecule has 0 saturated carbocycles. The minimum absolute atomic E-state index is 0.0787. The molecule has 32 heavy (non-hydrogen) atoms. The van der Waals surface area contributed by atoms with E-state index in [0.717, 1.165) is 22.6 Å². The number of carbonyl (C=O) groups is 5. The topological polar surface area (TPSA) is 151 Å². The summed E-state index contributed by atoms with van der Waals surface area (Å²) in [6, 6.07) is 5.30. The van der Waals surface area contributed by atoms with E-state index in [2.05, 4.69) is 16.0 Å². The quantitative estimate of drug-likeness (QED) is 0.375. The van der Waals surface area contributed by atoms with Gasteiger partial charge in [-0.1, -0.05) is 26.0 Å². The lowest BCUT2D eigenvalue weighted by molar-refractivity contribution is -0.137. The van der Waals surface area contributed by atoms with Gasteiger partial charge in [0, 0.05) is 37.3 Å². The molecule has 5 amide bonds. The number of hydrogen-bond donors (Lipinski definition) is 4. The zero-order valence-corrected chi connectivity index (χ0v) is 18.4. The van der Waals surface area contributed by atoms with Gasteiger partial charge in [0.05, 0.1) is 0 Å². The second kappa shape index (κ2) is 11.2. The average molecular weight is 444 g/mol. The van der Waals surface area contributed by atoms with Crippen LogP contribution in [0.3, 0.4) is 0 Å². The molecular formula is C22H29N5O5. The number of carbonyl (C=O) groups excluding carboxylic acids is 5. The number of hydrogen-bond acceptors (Lipinski definition) is 6. The van der Waals surface area contributed by atoms with E-state index < -0.39 is 41.6 Å². The Morgan fingerprint density at radius 3 is 2.06 bits per heavy atom. The van der Waals surface area contributed by atoms with Gasteiger partial charge in [0.1, 0.15) is 12.1 Å². The molecule has 1 aliphatic rings. The highest BCUT2D eigenvalue weighted by atomic mass is 16.2. The Balaban J connectivity index is 1.87. The number of benzene rings is 1. The predicted octanol–water partition coefficient (Wildman–Crippen LogP) is 0.0444. The SMILES string of the molecule is CC(C)C(NC(=O)CCN1C(=O)C=CC1=O)C(=O)N[C@@H](C)C(=O)Nc1ccc(CN)cc1. The first kappa shape index (κ1) is 24.7. The summed E-state index contributed by atoms with van der Waals surface area (Å²) < 4.78 is 0. The molecule has 0 bridgehead atoms. The Kier molecular flexibility index (Phi) is 8.65. The van der Waals surface area contributed by atoms with Gasteiger partial charge in [-0.3, -0.25) is 28.9 Å². The second-order valence-corrected chi connectivity index (χ2v) is 7.82. The molecule has 0 fully saturated rings. The van der Waals surface area contributed by atoms with Crippen molar-refractivity contribution < 1.29 is 24.0 Å². The number of nitrogens with two attached hydrogens (primary N) is 1. The van der Waals surface area contributed by atoms with Gasteiger partial charge in [-0.2, -0.15) is 0 Å². The van der Waals surface area contributed by atoms with Crippen molar-refractivity contribution in [1.82, 2.24) is 15.5 Å². The Morgan fingerprint density at radius 2 is 1.53 bits per heavy atom. The largest absolute Gasteiger partial charge is 0.344 e. The highest BCUT2D eigenvalue weighted by Gasteiger charge is 2.28. The van der Waals surface area contributed by atoms with Crippen LogP contribution in [0.4, 0.5) is 5.69 Å². The van der Waals surface area contributed by atoms with Crippen molar-refractivity contribution in [1.29, 1.82) is 0 Å². The molecule has 2 rings (SSSR count). The van der Waals surface area contributed by atoms with Crippen LogP contribution >= 0.6 is 0 Å². The maximum absolute atomic E-state index is 12.7. The summed E-state index contributed by atoms with van der Waals surface area (Å²) >= 11 is 0. The summed E-state index contributed by atoms with van der Waals surface area (Å²) in [6.07, 6.45) is 2.15. The van der Waals surface area contributed by atoms with Crippen LogP contribution in [-0.2, 0) is 30.5 Å². The molecule has 1 unspecified atom stereocenters. The number of amides is 5. The zero-order valence-electron chi connectivity index (χ0n) is 18.4. The van der Waals surface area contributed by atoms with Gasteiger partial charge in [-0.25, -0.2) is 0 Å². The third-order valence-electron chi connectivity index (χ3n) is 4.94. The minimum atomic E-state index is -0.885. The summed E-state index contributed by atoms with van der Waals surface area (Å²) in [6.45, 7) is 5.37. The zero-order chi connectivity index (χ0) is 23.8. The second-order valence-electron chi connectivity index (χ2n) is 7.82. The van der Waals surface area contributed by atoms with Crippen molar-refractivity contribution in [2.45, 2.75) is 45.8 Å². The van der Waals surface area contributed by atoms with Crippen LogP contribution in [0.15, 0.2) is 36.4 Å². The van der Waals surface area contributed by atoms with E-state index in [0.29, 0.717) is 12.2 Å². The Hall–Kier alpha value is -3.53. The third kappa shape index (κ3) is 6.74. The van der Waals surface area contributed by atoms with Gasteiger partial charge >= 0.3 is 0 Å². The molecule has 0 aliphatic carbocycles. The van der Waals surface area contributed by atoms with Crippen LogP contribution in [0.1, 0.15) is 32.8 Å². The van der Waals surface area contributed by atoms with E-state index in [1.807, 2.05) is 0 Å². The van der Waals surface area contributed by atoms with Crippen LogP contribution in [0.5, 0.6) is 0 Å². The summed E-state index contributed by atoms with van der Waals surface area (Å²) in [5, 5.41) is 7.93. The molecule has 0 radical (unpaired) electrons. The smallest absolute Gasteiger partial charge is 0.253 e. The lowest BCUT2D eigenvalue weighted by atomic mass is 10.0. The first-order valence-corrected chi connectivity index (χ1v) is 10.4. The van der Waals surface area contributed by atoms with Crippen LogP contribution in [0.25, 0.3) is 0 Å². The molecule has 0 aromatic heterocycles. The van der Waals surface area contributed by atoms with Crippen molar-refractivity contribution >= 4 is 35.2 Å². The Labute approximate surface area is 186 Å². The molecule has 2 atom stereocenters. The van der Waals surface area contributed by atoms with Gasteiger partial charge in [0.2, 0.25) is 17.7 Å². The highest BCUT2D eigenvalue weighted by molar-refractivity contribution is 6.13. The van der Waals surface area contributed by atoms with Gasteiger partial charge in [0.25, 0.3) is 11.8 Å². The molecule has 0 saturated heterocycles. The molecule has 1 aliphatic heterocycles. The van der Waals surface area contributed by atoms with Crippen LogP contribution in [0, 0.1) is 5.92 Å². The van der Waals surface area contributed by atoms with E-state index in [4.69, 9.17) is 5.73 Å². The van der Waals surface area contributed by atoms with Crippen molar-refractivity contribution in [3.05, 3.63) is 42.0 Å². The lowest BCUT2D eigenvalue weighted by Crippen LogP contribution is -2.54. The monoisotopic (exact) mass is 443 g/mol. The molecule has 10 heteroatoms. The van der Waals surface area contributed by atoms with Crippen LogP contribution in [-0.4, -0.2) is 53.1 Å². The van der Waals surface area contributed by atoms with Gasteiger partial charge in [-0.15, -0.1) is 0 Å². The Bertz CT molecular complexity index is 892. The fourth-order valence-electron chi connectivity index (χ4n) is 2.99. The molecule has 1 aromatic rings. The number of nitrogens with zero attached hydrogens (tertiary/aromatic N) is 1. The van der Waals surface area contributed by atoms with Crippen molar-refractivity contribution in [2.75, 3.05) is 11.9 Å². The molecule has 5 N–H and O–H groups in total. The maximum Gasteiger partial charge on any atom is 0.253 e. The van der Waals surface area contributed by atoms with E-state index in [1.54, 1.807) is 38.1 Å². The summed E-state index contributed by atoms with van der Waals surface area (Å²) in [7, 11) is 0. The van der Waals surface area contributed by atoms with Crippen molar-refractivity contribution in [2.24, 2.45) is 11.7 Å². The van der Waals surface area contributed by atoms with Crippen molar-refractivity contribution in [3.8, 4) is 0 Å². The van der Waals surface area contributed by atoms with Crippen LogP contribution in [0.2, 0.25) is 0 Å². The first-order valence-electron chi connectivity index (χ1n) is 10.4. The van der Waals surface area contributed by atoms with E-state index in [1.165, 1.54) is 6.92 Å². The standard InChI is InChI=1S/C22H29N5O5/c1-13(2)20(26-17(28)10-11-27-18(29)8-9-19(27)30)22(32)24-14(3)21(31)25-16-6-4-15(12-23)5-7-16/h4-9,13-14,20H,10-12,23H2,1-3H3,(H,24,32)(H,25,31)(H,26,28)/t14-,20?/m0/s1. The van der Waals surface area contributed by atoms with E-state index in [9.17, 15) is 24.0 Å². The highest BCUT2D eigenvalue weighted by Crippen LogP contribution is 2.10. The molecule has 1 aromatic carbocycles. The first-order chi connectivity index (χ1) is 15.1. The summed E-state index contributed by atoms with van der Waals surface area (Å²) in [5.41, 5.74) is 7.05. The third-order valence-corrected chi connectivity index (χ3v) is 4.94. The molecule has 1 heterocycles. The maximum atomic E-state index is 12.7. The number of anilines is 1. The summed E-state index contributed by atoms with van der Waals surface area (Å²) in [4.78, 5) is 61.5. The molecular weight excluding hydrogens is 414 g/mol. The predicted molar refractivity (Wildman–Crippen MR) is 118 cm³/mol. The van der Waals surface area contributed by atoms with Gasteiger partial charge in [-0.05, 0) is 30.5 Å². The van der Waals surface area contributed by atoms with Gasteiger partial charge < -0.3 is 21.7 Å². The molecule has 10 nitrogen and oxygen atoms in total. The lowest BCUT2D eigenvalue weighted by Gasteiger charge is -2.24. The molecule has 172 valence electrons. The average Bonchev–Trinajstić information content (AvgIpc) is 3.07. The fraction of sp³-hybridized carbons (Fsp3) is 0.409. The van der Waals surface area contributed by atoms with Gasteiger partial charge in [0.15, 0.2) is 0 Å². The number of nitrogens with one attached hydrogen (secondary N) is 3. The normalized spacial score (nSPS) is 15.0. The van der Waals surface area contributed by atoms with Crippen molar-refractivity contribution in [3.63, 3.8) is 0 Å². The van der Waals surface area contributed by atoms with Crippen LogP contribution < -0.4 is 21.7 Å². The Morgan fingerprint density at radius 1 is 0.938 bits per heavy atom. The van der Waals surface area contributed by atoms with E-state index in [-0.39, 0.29) is 18.9 Å². The summed E-state index contributed by atoms with van der Waals surface area (Å²) in [5.74, 6) is -2.61. The fourth-order valence-corrected chi connectivity index (χ4v) is 2.99. The number of imide groups is 1. The number of rotatable bonds is 10. The minimum Gasteiger partial charge on any atom is -0.344 e.